The van der Waals surface area contributed by atoms with Crippen LogP contribution in [0, 0.1) is 12.3 Å². The zero-order valence-corrected chi connectivity index (χ0v) is 8.64. The normalized spacial score (nSPS) is 9.44. The molecule has 0 spiro atoms. The summed E-state index contributed by atoms with van der Waals surface area (Å²) in [7, 11) is 0. The van der Waals surface area contributed by atoms with Crippen LogP contribution in [0.4, 0.5) is 0 Å². The van der Waals surface area contributed by atoms with Crippen LogP contribution in [-0.2, 0) is 11.3 Å². The number of nitrogens with one attached hydrogen (secondary N) is 1. The van der Waals surface area contributed by atoms with Gasteiger partial charge in [0.15, 0.2) is 0 Å². The lowest BCUT2D eigenvalue weighted by Crippen LogP contribution is -2.27. The summed E-state index contributed by atoms with van der Waals surface area (Å²) in [5.74, 6) is 1.09. The summed E-state index contributed by atoms with van der Waals surface area (Å²) in [5, 5.41) is 11.2. The highest BCUT2D eigenvalue weighted by atomic mass is 16.4. The third kappa shape index (κ3) is 3.17. The number of hydrogen-bond acceptors (Lipinski definition) is 2. The highest BCUT2D eigenvalue weighted by Gasteiger charge is 2.11. The molecule has 0 atom stereocenters. The van der Waals surface area contributed by atoms with E-state index in [2.05, 4.69) is 11.2 Å². The van der Waals surface area contributed by atoms with E-state index in [1.165, 1.54) is 4.57 Å². The molecule has 5 nitrogen and oxygen atoms in total. The molecule has 0 aliphatic rings. The number of carboxylic acid groups (broad SMARTS) is 1. The minimum Gasteiger partial charge on any atom is -0.480 e. The second kappa shape index (κ2) is 5.61. The largest absolute Gasteiger partial charge is 0.480 e. The maximum Gasteiger partial charge on any atom is 0.323 e. The van der Waals surface area contributed by atoms with E-state index in [4.69, 9.17) is 11.5 Å². The number of nitrogens with zero attached hydrogens (tertiary/aromatic N) is 1. The highest BCUT2D eigenvalue weighted by Crippen LogP contribution is 2.02. The molecule has 1 aromatic heterocycles. The molecule has 1 aromatic rings. The van der Waals surface area contributed by atoms with Gasteiger partial charge in [-0.1, -0.05) is 0 Å². The number of carbonyl (C=O) groups is 2. The molecule has 0 fully saturated rings. The smallest absolute Gasteiger partial charge is 0.323 e. The third-order valence-electron chi connectivity index (χ3n) is 1.92. The van der Waals surface area contributed by atoms with Gasteiger partial charge in [-0.3, -0.25) is 9.59 Å². The van der Waals surface area contributed by atoms with Gasteiger partial charge in [0.05, 0.1) is 0 Å². The molecule has 16 heavy (non-hydrogen) atoms. The van der Waals surface area contributed by atoms with Gasteiger partial charge < -0.3 is 15.0 Å². The summed E-state index contributed by atoms with van der Waals surface area (Å²) < 4.78 is 1.37. The van der Waals surface area contributed by atoms with Crippen molar-refractivity contribution in [1.82, 2.24) is 9.88 Å². The van der Waals surface area contributed by atoms with Gasteiger partial charge in [-0.25, -0.2) is 0 Å². The fourth-order valence-corrected chi connectivity index (χ4v) is 1.24. The lowest BCUT2D eigenvalue weighted by atomic mass is 10.3. The van der Waals surface area contributed by atoms with Crippen molar-refractivity contribution in [3.05, 3.63) is 24.0 Å². The van der Waals surface area contributed by atoms with Crippen LogP contribution in [0.1, 0.15) is 16.9 Å². The van der Waals surface area contributed by atoms with Crippen LogP contribution in [0.2, 0.25) is 0 Å². The Hall–Kier alpha value is -2.22. The Morgan fingerprint density at radius 2 is 2.31 bits per heavy atom. The quantitative estimate of drug-likeness (QED) is 0.554. The molecule has 1 rings (SSSR count). The van der Waals surface area contributed by atoms with Crippen molar-refractivity contribution in [1.29, 1.82) is 0 Å². The average Bonchev–Trinajstić information content (AvgIpc) is 2.65. The minimum atomic E-state index is -0.992. The number of carbonyl (C=O) groups excluding carboxylic acids is 1. The van der Waals surface area contributed by atoms with Crippen LogP contribution < -0.4 is 5.32 Å². The van der Waals surface area contributed by atoms with Crippen LogP contribution in [0.5, 0.6) is 0 Å². The standard InChI is InChI=1S/C11H12N2O3/c1-2-3-6-12-11(16)9-5-4-7-13(9)8-10(14)15/h1,4-5,7H,3,6,8H2,(H,12,16)(H,14,15). The van der Waals surface area contributed by atoms with Gasteiger partial charge in [-0.15, -0.1) is 12.3 Å². The van der Waals surface area contributed by atoms with Gasteiger partial charge in [-0.05, 0) is 12.1 Å². The molecule has 84 valence electrons. The van der Waals surface area contributed by atoms with Crippen molar-refractivity contribution in [3.8, 4) is 12.3 Å². The van der Waals surface area contributed by atoms with E-state index in [0.29, 0.717) is 18.7 Å². The number of hydrogen-bond donors (Lipinski definition) is 2. The fourth-order valence-electron chi connectivity index (χ4n) is 1.24. The molecular formula is C11H12N2O3. The molecule has 0 aliphatic heterocycles. The summed E-state index contributed by atoms with van der Waals surface area (Å²) in [6, 6.07) is 3.19. The van der Waals surface area contributed by atoms with Gasteiger partial charge >= 0.3 is 5.97 Å². The summed E-state index contributed by atoms with van der Waals surface area (Å²) in [6.07, 6.45) is 7.04. The van der Waals surface area contributed by atoms with Crippen molar-refractivity contribution < 1.29 is 14.7 Å². The molecule has 0 aliphatic carbocycles. The molecule has 2 N–H and O–H groups in total. The SMILES string of the molecule is C#CCCNC(=O)c1cccn1CC(=O)O. The summed E-state index contributed by atoms with van der Waals surface area (Å²) in [6.45, 7) is 0.151. The van der Waals surface area contributed by atoms with Crippen LogP contribution in [0.25, 0.3) is 0 Å². The van der Waals surface area contributed by atoms with Crippen molar-refractivity contribution in [2.75, 3.05) is 6.54 Å². The lowest BCUT2D eigenvalue weighted by molar-refractivity contribution is -0.137. The lowest BCUT2D eigenvalue weighted by Gasteiger charge is -2.06. The highest BCUT2D eigenvalue weighted by molar-refractivity contribution is 5.93. The van der Waals surface area contributed by atoms with E-state index in [-0.39, 0.29) is 12.5 Å². The van der Waals surface area contributed by atoms with Crippen LogP contribution in [0.15, 0.2) is 18.3 Å². The van der Waals surface area contributed by atoms with Gasteiger partial charge in [0.1, 0.15) is 12.2 Å². The Balaban J connectivity index is 2.65. The molecule has 0 bridgehead atoms. The maximum atomic E-state index is 11.6. The van der Waals surface area contributed by atoms with Crippen molar-refractivity contribution >= 4 is 11.9 Å². The predicted octanol–water partition coefficient (Wildman–Crippen LogP) is 0.326. The first-order chi connectivity index (χ1) is 7.65. The third-order valence-corrected chi connectivity index (χ3v) is 1.92. The van der Waals surface area contributed by atoms with Crippen molar-refractivity contribution in [2.24, 2.45) is 0 Å². The molecule has 0 aromatic carbocycles. The number of amides is 1. The predicted molar refractivity (Wildman–Crippen MR) is 57.9 cm³/mol. The summed E-state index contributed by atoms with van der Waals surface area (Å²) in [4.78, 5) is 22.1. The van der Waals surface area contributed by atoms with Gasteiger partial charge in [-0.2, -0.15) is 0 Å². The zero-order valence-electron chi connectivity index (χ0n) is 8.64. The minimum absolute atomic E-state index is 0.231. The molecule has 1 amide bonds. The molecule has 0 unspecified atom stereocenters. The van der Waals surface area contributed by atoms with Gasteiger partial charge in [0, 0.05) is 19.2 Å². The second-order valence-electron chi connectivity index (χ2n) is 3.13. The number of rotatable bonds is 5. The summed E-state index contributed by atoms with van der Waals surface area (Å²) >= 11 is 0. The number of carboxylic acids is 1. The van der Waals surface area contributed by atoms with Crippen LogP contribution >= 0.6 is 0 Å². The zero-order chi connectivity index (χ0) is 12.0. The fraction of sp³-hybridized carbons (Fsp3) is 0.273. The van der Waals surface area contributed by atoms with Gasteiger partial charge in [0.2, 0.25) is 0 Å². The molecule has 5 heteroatoms. The molecule has 0 saturated heterocycles. The maximum absolute atomic E-state index is 11.6. The van der Waals surface area contributed by atoms with Gasteiger partial charge in [0.25, 0.3) is 5.91 Å². The van der Waals surface area contributed by atoms with E-state index in [9.17, 15) is 9.59 Å². The Bertz CT molecular complexity index is 429. The Kier molecular flexibility index (Phi) is 4.16. The molecule has 0 radical (unpaired) electrons. The summed E-state index contributed by atoms with van der Waals surface area (Å²) in [5.41, 5.74) is 0.319. The first-order valence-electron chi connectivity index (χ1n) is 4.73. The number of terminal acetylenes is 1. The monoisotopic (exact) mass is 220 g/mol. The first-order valence-corrected chi connectivity index (χ1v) is 4.73. The Labute approximate surface area is 93.1 Å². The van der Waals surface area contributed by atoms with E-state index < -0.39 is 5.97 Å². The van der Waals surface area contributed by atoms with E-state index >= 15 is 0 Å². The molecule has 0 saturated carbocycles. The van der Waals surface area contributed by atoms with E-state index in [1.54, 1.807) is 18.3 Å². The Morgan fingerprint density at radius 3 is 2.94 bits per heavy atom. The molecular weight excluding hydrogens is 208 g/mol. The van der Waals surface area contributed by atoms with E-state index in [0.717, 1.165) is 0 Å². The second-order valence-corrected chi connectivity index (χ2v) is 3.13. The van der Waals surface area contributed by atoms with Crippen LogP contribution in [-0.4, -0.2) is 28.1 Å². The Morgan fingerprint density at radius 1 is 1.56 bits per heavy atom. The topological polar surface area (TPSA) is 71.3 Å². The van der Waals surface area contributed by atoms with Crippen molar-refractivity contribution in [2.45, 2.75) is 13.0 Å². The number of aromatic nitrogens is 1. The molecule has 1 heterocycles. The first kappa shape index (κ1) is 11.9. The average molecular weight is 220 g/mol. The van der Waals surface area contributed by atoms with E-state index in [1.807, 2.05) is 0 Å². The number of aliphatic carboxylic acids is 1. The van der Waals surface area contributed by atoms with Crippen LogP contribution in [0.3, 0.4) is 0 Å². The van der Waals surface area contributed by atoms with Crippen molar-refractivity contribution in [3.63, 3.8) is 0 Å².